The van der Waals surface area contributed by atoms with Gasteiger partial charge in [-0.15, -0.1) is 0 Å². The van der Waals surface area contributed by atoms with Crippen LogP contribution in [-0.4, -0.2) is 30.2 Å². The standard InChI is InChI=1S/C18H17N3O5S/c22-16(7-8-17-20-18(21-26-17)14-5-3-10-25-14)19-13-9-11-27(23,24)15-6-2-1-4-12(13)15/h1-6,10,13H,7-9,11H2,(H,19,22)/t13-/m1/s1. The lowest BCUT2D eigenvalue weighted by Gasteiger charge is -2.26. The Morgan fingerprint density at radius 3 is 2.89 bits per heavy atom. The van der Waals surface area contributed by atoms with E-state index >= 15 is 0 Å². The maximum atomic E-state index is 12.3. The average Bonchev–Trinajstić information content (AvgIpc) is 3.34. The van der Waals surface area contributed by atoms with E-state index in [-0.39, 0.29) is 30.5 Å². The van der Waals surface area contributed by atoms with Gasteiger partial charge in [-0.1, -0.05) is 23.4 Å². The van der Waals surface area contributed by atoms with Crippen LogP contribution in [0.5, 0.6) is 0 Å². The summed E-state index contributed by atoms with van der Waals surface area (Å²) in [7, 11) is -3.28. The van der Waals surface area contributed by atoms with Crippen LogP contribution in [0.25, 0.3) is 11.6 Å². The number of aryl methyl sites for hydroxylation is 1. The van der Waals surface area contributed by atoms with Crippen LogP contribution in [-0.2, 0) is 21.1 Å². The Balaban J connectivity index is 1.39. The first-order chi connectivity index (χ1) is 13.0. The number of fused-ring (bicyclic) bond motifs is 1. The quantitative estimate of drug-likeness (QED) is 0.714. The predicted molar refractivity (Wildman–Crippen MR) is 94.3 cm³/mol. The van der Waals surface area contributed by atoms with E-state index in [0.29, 0.717) is 34.4 Å². The molecule has 1 aromatic carbocycles. The molecule has 1 amide bonds. The fourth-order valence-corrected chi connectivity index (χ4v) is 4.71. The van der Waals surface area contributed by atoms with Crippen LogP contribution < -0.4 is 5.32 Å². The fourth-order valence-electron chi connectivity index (χ4n) is 3.09. The Morgan fingerprint density at radius 1 is 1.22 bits per heavy atom. The topological polar surface area (TPSA) is 115 Å². The smallest absolute Gasteiger partial charge is 0.238 e. The van der Waals surface area contributed by atoms with Gasteiger partial charge in [0, 0.05) is 12.8 Å². The molecule has 8 nitrogen and oxygen atoms in total. The third kappa shape index (κ3) is 3.63. The van der Waals surface area contributed by atoms with Crippen molar-refractivity contribution in [3.8, 4) is 11.6 Å². The minimum absolute atomic E-state index is 0.0190. The number of benzene rings is 1. The highest BCUT2D eigenvalue weighted by Gasteiger charge is 2.30. The normalized spacial score (nSPS) is 18.0. The molecule has 27 heavy (non-hydrogen) atoms. The van der Waals surface area contributed by atoms with Gasteiger partial charge in [0.05, 0.1) is 23.0 Å². The summed E-state index contributed by atoms with van der Waals surface area (Å²) in [5.41, 5.74) is 0.634. The number of amides is 1. The number of carbonyl (C=O) groups is 1. The van der Waals surface area contributed by atoms with Gasteiger partial charge in [-0.05, 0) is 30.2 Å². The number of sulfone groups is 1. The number of rotatable bonds is 5. The lowest BCUT2D eigenvalue weighted by molar-refractivity contribution is -0.122. The first-order valence-corrected chi connectivity index (χ1v) is 10.2. The van der Waals surface area contributed by atoms with Crippen molar-refractivity contribution in [3.63, 3.8) is 0 Å². The molecule has 0 bridgehead atoms. The Bertz CT molecular complexity index is 1060. The summed E-state index contributed by atoms with van der Waals surface area (Å²) < 4.78 is 34.7. The van der Waals surface area contributed by atoms with Gasteiger partial charge >= 0.3 is 0 Å². The predicted octanol–water partition coefficient (Wildman–Crippen LogP) is 2.30. The Morgan fingerprint density at radius 2 is 2.07 bits per heavy atom. The molecule has 2 aromatic heterocycles. The van der Waals surface area contributed by atoms with E-state index in [9.17, 15) is 13.2 Å². The zero-order valence-electron chi connectivity index (χ0n) is 14.3. The van der Waals surface area contributed by atoms with Crippen molar-refractivity contribution in [1.82, 2.24) is 15.5 Å². The summed E-state index contributed by atoms with van der Waals surface area (Å²) in [5, 5.41) is 6.73. The van der Waals surface area contributed by atoms with E-state index in [1.54, 1.807) is 36.4 Å². The van der Waals surface area contributed by atoms with Crippen molar-refractivity contribution in [3.05, 3.63) is 54.1 Å². The van der Waals surface area contributed by atoms with E-state index in [4.69, 9.17) is 8.94 Å². The minimum Gasteiger partial charge on any atom is -0.461 e. The van der Waals surface area contributed by atoms with E-state index in [2.05, 4.69) is 15.5 Å². The van der Waals surface area contributed by atoms with Crippen LogP contribution in [0.4, 0.5) is 0 Å². The minimum atomic E-state index is -3.28. The maximum absolute atomic E-state index is 12.3. The maximum Gasteiger partial charge on any atom is 0.238 e. The molecule has 0 aliphatic carbocycles. The molecule has 3 aromatic rings. The molecular weight excluding hydrogens is 370 g/mol. The van der Waals surface area contributed by atoms with Gasteiger partial charge in [0.1, 0.15) is 0 Å². The second kappa shape index (κ2) is 6.99. The summed E-state index contributed by atoms with van der Waals surface area (Å²) in [4.78, 5) is 16.8. The Hall–Kier alpha value is -2.94. The number of aromatic nitrogens is 2. The van der Waals surface area contributed by atoms with Crippen molar-refractivity contribution >= 4 is 15.7 Å². The SMILES string of the molecule is O=C(CCc1nc(-c2ccco2)no1)N[C@@H]1CCS(=O)(=O)c2ccccc21. The zero-order chi connectivity index (χ0) is 18.9. The molecule has 0 saturated heterocycles. The fraction of sp³-hybridized carbons (Fsp3) is 0.278. The zero-order valence-corrected chi connectivity index (χ0v) is 15.1. The third-order valence-corrected chi connectivity index (χ3v) is 6.23. The van der Waals surface area contributed by atoms with Crippen molar-refractivity contribution in [2.24, 2.45) is 0 Å². The van der Waals surface area contributed by atoms with Crippen LogP contribution in [0.15, 0.2) is 56.5 Å². The van der Waals surface area contributed by atoms with Crippen molar-refractivity contribution in [2.75, 3.05) is 5.75 Å². The van der Waals surface area contributed by atoms with Crippen LogP contribution in [0.3, 0.4) is 0 Å². The molecule has 1 aliphatic rings. The number of nitrogens with one attached hydrogen (secondary N) is 1. The van der Waals surface area contributed by atoms with Gasteiger partial charge in [0.25, 0.3) is 0 Å². The van der Waals surface area contributed by atoms with Gasteiger partial charge in [-0.2, -0.15) is 4.98 Å². The summed E-state index contributed by atoms with van der Waals surface area (Å²) in [6.45, 7) is 0. The van der Waals surface area contributed by atoms with Gasteiger partial charge in [-0.3, -0.25) is 4.79 Å². The lowest BCUT2D eigenvalue weighted by Crippen LogP contribution is -2.34. The van der Waals surface area contributed by atoms with Crippen molar-refractivity contribution in [2.45, 2.75) is 30.2 Å². The van der Waals surface area contributed by atoms with Gasteiger partial charge in [0.15, 0.2) is 15.6 Å². The average molecular weight is 387 g/mol. The first kappa shape index (κ1) is 17.5. The molecule has 0 spiro atoms. The summed E-state index contributed by atoms with van der Waals surface area (Å²) in [5.74, 6) is 0.983. The first-order valence-electron chi connectivity index (χ1n) is 8.50. The second-order valence-corrected chi connectivity index (χ2v) is 8.33. The molecule has 4 rings (SSSR count). The van der Waals surface area contributed by atoms with Crippen molar-refractivity contribution in [1.29, 1.82) is 0 Å². The largest absolute Gasteiger partial charge is 0.461 e. The van der Waals surface area contributed by atoms with Crippen LogP contribution in [0.1, 0.15) is 30.3 Å². The van der Waals surface area contributed by atoms with Gasteiger partial charge < -0.3 is 14.3 Å². The van der Waals surface area contributed by atoms with Crippen molar-refractivity contribution < 1.29 is 22.2 Å². The molecule has 1 atom stereocenters. The molecule has 140 valence electrons. The third-order valence-electron chi connectivity index (χ3n) is 4.42. The van der Waals surface area contributed by atoms with E-state index < -0.39 is 9.84 Å². The van der Waals surface area contributed by atoms with E-state index in [0.717, 1.165) is 0 Å². The number of furan rings is 1. The van der Waals surface area contributed by atoms with E-state index in [1.807, 2.05) is 0 Å². The summed E-state index contributed by atoms with van der Waals surface area (Å²) in [6.07, 6.45) is 2.31. The molecule has 3 heterocycles. The highest BCUT2D eigenvalue weighted by atomic mass is 32.2. The monoisotopic (exact) mass is 387 g/mol. The number of hydrogen-bond donors (Lipinski definition) is 1. The lowest BCUT2D eigenvalue weighted by atomic mass is 10.0. The number of nitrogens with zero attached hydrogens (tertiary/aromatic N) is 2. The molecule has 0 radical (unpaired) electrons. The molecule has 0 fully saturated rings. The molecule has 0 saturated carbocycles. The van der Waals surface area contributed by atoms with E-state index in [1.165, 1.54) is 6.26 Å². The molecular formula is C18H17N3O5S. The van der Waals surface area contributed by atoms with Gasteiger partial charge in [-0.25, -0.2) is 8.42 Å². The van der Waals surface area contributed by atoms with Crippen LogP contribution in [0, 0.1) is 0 Å². The highest BCUT2D eigenvalue weighted by Crippen LogP contribution is 2.31. The van der Waals surface area contributed by atoms with Gasteiger partial charge in [0.2, 0.25) is 17.6 Å². The van der Waals surface area contributed by atoms with Crippen LogP contribution >= 0.6 is 0 Å². The Labute approximate surface area is 155 Å². The second-order valence-electron chi connectivity index (χ2n) is 6.25. The van der Waals surface area contributed by atoms with Crippen LogP contribution in [0.2, 0.25) is 0 Å². The number of hydrogen-bond acceptors (Lipinski definition) is 7. The molecule has 1 N–H and O–H groups in total. The highest BCUT2D eigenvalue weighted by molar-refractivity contribution is 7.91. The molecule has 9 heteroatoms. The molecule has 0 unspecified atom stereocenters. The number of carbonyl (C=O) groups excluding carboxylic acids is 1. The molecule has 1 aliphatic heterocycles. The Kier molecular flexibility index (Phi) is 4.53. The summed E-state index contributed by atoms with van der Waals surface area (Å²) in [6, 6.07) is 9.90. The summed E-state index contributed by atoms with van der Waals surface area (Å²) >= 11 is 0.